The van der Waals surface area contributed by atoms with Gasteiger partial charge in [0.2, 0.25) is 11.8 Å². The third-order valence-corrected chi connectivity index (χ3v) is 11.7. The average molecular weight is 770 g/mol. The van der Waals surface area contributed by atoms with E-state index in [0.717, 1.165) is 40.8 Å². The van der Waals surface area contributed by atoms with Crippen LogP contribution in [0.1, 0.15) is 24.0 Å². The van der Waals surface area contributed by atoms with Gasteiger partial charge in [0, 0.05) is 27.6 Å². The monoisotopic (exact) mass is 769 g/mol. The number of fused-ring (bicyclic) bond motifs is 3. The third kappa shape index (κ3) is 6.36. The van der Waals surface area contributed by atoms with Gasteiger partial charge in [-0.05, 0) is 129 Å². The predicted octanol–water partition coefficient (Wildman–Crippen LogP) is 14.8. The lowest BCUT2D eigenvalue weighted by Crippen LogP contribution is -1.96. The van der Waals surface area contributed by atoms with Crippen molar-refractivity contribution in [2.45, 2.75) is 12.8 Å². The van der Waals surface area contributed by atoms with Crippen LogP contribution in [-0.4, -0.2) is 14.8 Å². The molecule has 1 aliphatic carbocycles. The predicted molar refractivity (Wildman–Crippen MR) is 247 cm³/mol. The highest BCUT2D eigenvalue weighted by Crippen LogP contribution is 2.43. The smallest absolute Gasteiger partial charge is 0.248 e. The number of rotatable bonds is 8. The molecule has 1 aliphatic rings. The fraction of sp³-hybridized carbons (Fsp3) is 0.0357. The molecule has 0 fully saturated rings. The van der Waals surface area contributed by atoms with Crippen molar-refractivity contribution in [1.82, 2.24) is 14.8 Å². The number of allylic oxidation sites excluding steroid dienone is 4. The summed E-state index contributed by atoms with van der Waals surface area (Å²) >= 11 is 0. The number of hydrogen-bond acceptors (Lipinski definition) is 3. The molecule has 4 heteroatoms. The van der Waals surface area contributed by atoms with Crippen LogP contribution in [0.3, 0.4) is 0 Å². The Bertz CT molecular complexity index is 3230. The van der Waals surface area contributed by atoms with E-state index in [1.165, 1.54) is 66.3 Å². The van der Waals surface area contributed by atoms with Gasteiger partial charge in [-0.1, -0.05) is 152 Å². The normalized spacial score (nSPS) is 12.7. The summed E-state index contributed by atoms with van der Waals surface area (Å²) in [6.07, 6.45) is 6.66. The second kappa shape index (κ2) is 15.2. The number of aromatic nitrogens is 3. The third-order valence-electron chi connectivity index (χ3n) is 11.7. The van der Waals surface area contributed by atoms with Gasteiger partial charge in [0.25, 0.3) is 0 Å². The molecule has 11 rings (SSSR count). The second-order valence-corrected chi connectivity index (χ2v) is 15.3. The largest absolute Gasteiger partial charge is 0.416 e. The van der Waals surface area contributed by atoms with E-state index in [-0.39, 0.29) is 0 Å². The molecule has 0 radical (unpaired) electrons. The molecule has 0 saturated heterocycles. The van der Waals surface area contributed by atoms with Crippen LogP contribution in [0, 0.1) is 0 Å². The van der Waals surface area contributed by atoms with E-state index in [1.807, 2.05) is 30.3 Å². The number of para-hydroxylation sites is 1. The van der Waals surface area contributed by atoms with Gasteiger partial charge >= 0.3 is 0 Å². The summed E-state index contributed by atoms with van der Waals surface area (Å²) in [5, 5.41) is 11.1. The van der Waals surface area contributed by atoms with Gasteiger partial charge in [-0.3, -0.25) is 0 Å². The van der Waals surface area contributed by atoms with Crippen molar-refractivity contribution in [3.63, 3.8) is 0 Å². The highest BCUT2D eigenvalue weighted by molar-refractivity contribution is 6.12. The maximum atomic E-state index is 6.07. The summed E-state index contributed by atoms with van der Waals surface area (Å²) in [4.78, 5) is 0. The van der Waals surface area contributed by atoms with Crippen LogP contribution in [0.2, 0.25) is 0 Å². The van der Waals surface area contributed by atoms with Crippen LogP contribution in [-0.2, 0) is 0 Å². The Morgan fingerprint density at radius 3 is 1.50 bits per heavy atom. The molecule has 0 aliphatic heterocycles. The fourth-order valence-corrected chi connectivity index (χ4v) is 8.85. The molecule has 284 valence electrons. The zero-order valence-electron chi connectivity index (χ0n) is 32.9. The van der Waals surface area contributed by atoms with E-state index in [0.29, 0.717) is 11.8 Å². The summed E-state index contributed by atoms with van der Waals surface area (Å²) in [7, 11) is 0. The van der Waals surface area contributed by atoms with Crippen molar-refractivity contribution in [1.29, 1.82) is 0 Å². The fourth-order valence-electron chi connectivity index (χ4n) is 8.85. The van der Waals surface area contributed by atoms with Crippen molar-refractivity contribution >= 4 is 33.0 Å². The van der Waals surface area contributed by atoms with E-state index >= 15 is 0 Å². The van der Waals surface area contributed by atoms with Crippen molar-refractivity contribution in [2.24, 2.45) is 0 Å². The highest BCUT2D eigenvalue weighted by Gasteiger charge is 2.19. The molecule has 0 amide bonds. The molecule has 0 saturated carbocycles. The van der Waals surface area contributed by atoms with Crippen molar-refractivity contribution in [3.8, 4) is 62.0 Å². The molecule has 60 heavy (non-hydrogen) atoms. The zero-order valence-corrected chi connectivity index (χ0v) is 32.9. The first kappa shape index (κ1) is 35.4. The number of benzene rings is 8. The Balaban J connectivity index is 1.02. The summed E-state index contributed by atoms with van der Waals surface area (Å²) in [6, 6.07) is 71.3. The Hall–Kier alpha value is -7.82. The highest BCUT2D eigenvalue weighted by atomic mass is 16.4. The molecule has 2 aromatic heterocycles. The van der Waals surface area contributed by atoms with E-state index in [1.54, 1.807) is 0 Å². The summed E-state index contributed by atoms with van der Waals surface area (Å²) in [6.45, 7) is 0. The molecule has 8 aromatic carbocycles. The molecular formula is C56H39N3O. The molecule has 0 unspecified atom stereocenters. The van der Waals surface area contributed by atoms with Gasteiger partial charge in [0.05, 0.1) is 11.0 Å². The lowest BCUT2D eigenvalue weighted by molar-refractivity contribution is 0.584. The van der Waals surface area contributed by atoms with Gasteiger partial charge in [0.15, 0.2) is 0 Å². The summed E-state index contributed by atoms with van der Waals surface area (Å²) in [5.41, 5.74) is 17.5. The summed E-state index contributed by atoms with van der Waals surface area (Å²) in [5.74, 6) is 1.01. The summed E-state index contributed by atoms with van der Waals surface area (Å²) < 4.78 is 8.48. The van der Waals surface area contributed by atoms with Gasteiger partial charge in [-0.25, -0.2) is 0 Å². The maximum absolute atomic E-state index is 6.07. The van der Waals surface area contributed by atoms with Crippen LogP contribution in [0.4, 0.5) is 0 Å². The first-order chi connectivity index (χ1) is 29.8. The molecule has 0 atom stereocenters. The first-order valence-electron chi connectivity index (χ1n) is 20.5. The second-order valence-electron chi connectivity index (χ2n) is 15.3. The van der Waals surface area contributed by atoms with E-state index in [9.17, 15) is 0 Å². The molecule has 2 heterocycles. The van der Waals surface area contributed by atoms with E-state index in [2.05, 4.69) is 197 Å². The van der Waals surface area contributed by atoms with Crippen LogP contribution in [0.5, 0.6) is 0 Å². The minimum atomic E-state index is 0.499. The standard InChI is InChI=1S/C56H39N3O/c1-4-16-38(17-5-1)45-22-10-11-24-47(45)42-32-34-53-51(36-42)52-37-43(33-35-54(52)59(53)44-20-8-3-9-21-44)48-25-13-15-27-50(48)49-26-14-12-23-46(49)39-28-30-41(31-29-39)56-58-57-55(60-56)40-18-6-2-7-19-40/h1-10,12-23,25-37H,11,24H2. The minimum Gasteiger partial charge on any atom is -0.416 e. The van der Waals surface area contributed by atoms with Crippen molar-refractivity contribution < 1.29 is 4.42 Å². The van der Waals surface area contributed by atoms with Crippen molar-refractivity contribution in [2.75, 3.05) is 0 Å². The minimum absolute atomic E-state index is 0.499. The van der Waals surface area contributed by atoms with Crippen LogP contribution in [0.15, 0.2) is 217 Å². The number of nitrogens with zero attached hydrogens (tertiary/aromatic N) is 3. The first-order valence-corrected chi connectivity index (χ1v) is 20.5. The Morgan fingerprint density at radius 2 is 0.867 bits per heavy atom. The van der Waals surface area contributed by atoms with E-state index < -0.39 is 0 Å². The van der Waals surface area contributed by atoms with Crippen LogP contribution >= 0.6 is 0 Å². The number of hydrogen-bond donors (Lipinski definition) is 0. The Labute approximate surface area is 349 Å². The maximum Gasteiger partial charge on any atom is 0.248 e. The molecule has 10 aromatic rings. The Kier molecular flexibility index (Phi) is 8.94. The molecule has 0 N–H and O–H groups in total. The van der Waals surface area contributed by atoms with Gasteiger partial charge < -0.3 is 8.98 Å². The lowest BCUT2D eigenvalue weighted by Gasteiger charge is -2.17. The van der Waals surface area contributed by atoms with Crippen molar-refractivity contribution in [3.05, 3.63) is 223 Å². The van der Waals surface area contributed by atoms with Crippen LogP contribution in [0.25, 0.3) is 94.9 Å². The van der Waals surface area contributed by atoms with Crippen LogP contribution < -0.4 is 0 Å². The Morgan fingerprint density at radius 1 is 0.400 bits per heavy atom. The molecule has 0 bridgehead atoms. The van der Waals surface area contributed by atoms with Gasteiger partial charge in [-0.15, -0.1) is 10.2 Å². The average Bonchev–Trinajstić information content (AvgIpc) is 3.96. The molecule has 4 nitrogen and oxygen atoms in total. The van der Waals surface area contributed by atoms with Gasteiger partial charge in [-0.2, -0.15) is 0 Å². The topological polar surface area (TPSA) is 43.9 Å². The SMILES string of the molecule is C1=CC(c2ccccc2)=C(c2ccc3c(c2)c2cc(-c4ccccc4-c4ccccc4-c4ccc(-c5nnc(-c6ccccc6)o5)cc4)ccc2n3-c2ccccc2)CC1. The quantitative estimate of drug-likeness (QED) is 0.155. The molecular weight excluding hydrogens is 731 g/mol. The van der Waals surface area contributed by atoms with Gasteiger partial charge in [0.1, 0.15) is 0 Å². The van der Waals surface area contributed by atoms with E-state index in [4.69, 9.17) is 4.42 Å². The lowest BCUT2D eigenvalue weighted by atomic mass is 9.87. The zero-order chi connectivity index (χ0) is 39.8. The molecule has 0 spiro atoms.